The summed E-state index contributed by atoms with van der Waals surface area (Å²) in [4.78, 5) is 13.3. The Morgan fingerprint density at radius 2 is 2.42 bits per heavy atom. The zero-order valence-electron chi connectivity index (χ0n) is 10.3. The minimum atomic E-state index is -0.152. The fourth-order valence-electron chi connectivity index (χ4n) is 1.62. The quantitative estimate of drug-likeness (QED) is 0.823. The van der Waals surface area contributed by atoms with E-state index in [1.54, 1.807) is 23.6 Å². The SMILES string of the molecule is C=CCn1ncc(NCCc2cccs2)c(Br)c1=O. The van der Waals surface area contributed by atoms with Gasteiger partial charge in [0.25, 0.3) is 5.56 Å². The molecule has 0 aromatic carbocycles. The molecule has 4 nitrogen and oxygen atoms in total. The molecule has 0 saturated carbocycles. The Hall–Kier alpha value is -1.40. The Balaban J connectivity index is 2.02. The number of rotatable bonds is 6. The lowest BCUT2D eigenvalue weighted by Gasteiger charge is -2.09. The normalized spacial score (nSPS) is 10.4. The van der Waals surface area contributed by atoms with Crippen molar-refractivity contribution in [2.24, 2.45) is 0 Å². The van der Waals surface area contributed by atoms with Gasteiger partial charge >= 0.3 is 0 Å². The molecule has 2 rings (SSSR count). The second-order valence-corrected chi connectivity index (χ2v) is 5.73. The van der Waals surface area contributed by atoms with E-state index in [-0.39, 0.29) is 5.56 Å². The van der Waals surface area contributed by atoms with Gasteiger partial charge in [-0.25, -0.2) is 4.68 Å². The van der Waals surface area contributed by atoms with Crippen molar-refractivity contribution < 1.29 is 0 Å². The highest BCUT2D eigenvalue weighted by Crippen LogP contribution is 2.16. The molecule has 6 heteroatoms. The van der Waals surface area contributed by atoms with E-state index in [0.29, 0.717) is 11.0 Å². The number of hydrogen-bond donors (Lipinski definition) is 1. The van der Waals surface area contributed by atoms with Crippen LogP contribution in [0, 0.1) is 0 Å². The van der Waals surface area contributed by atoms with E-state index in [0.717, 1.165) is 18.7 Å². The largest absolute Gasteiger partial charge is 0.382 e. The zero-order chi connectivity index (χ0) is 13.7. The van der Waals surface area contributed by atoms with Gasteiger partial charge in [-0.3, -0.25) is 4.79 Å². The summed E-state index contributed by atoms with van der Waals surface area (Å²) in [5.74, 6) is 0. The van der Waals surface area contributed by atoms with Crippen molar-refractivity contribution in [3.8, 4) is 0 Å². The lowest BCUT2D eigenvalue weighted by Crippen LogP contribution is -2.24. The van der Waals surface area contributed by atoms with Gasteiger partial charge in [0.05, 0.1) is 18.4 Å². The fraction of sp³-hybridized carbons (Fsp3) is 0.231. The monoisotopic (exact) mass is 339 g/mol. The van der Waals surface area contributed by atoms with Gasteiger partial charge in [0.2, 0.25) is 0 Å². The van der Waals surface area contributed by atoms with Gasteiger partial charge in [0.15, 0.2) is 0 Å². The highest BCUT2D eigenvalue weighted by Gasteiger charge is 2.07. The molecule has 2 heterocycles. The Kier molecular flexibility index (Phi) is 4.93. The summed E-state index contributed by atoms with van der Waals surface area (Å²) in [5, 5.41) is 9.37. The van der Waals surface area contributed by atoms with Gasteiger partial charge in [-0.15, -0.1) is 17.9 Å². The third-order valence-corrected chi connectivity index (χ3v) is 4.26. The zero-order valence-corrected chi connectivity index (χ0v) is 12.7. The van der Waals surface area contributed by atoms with Crippen LogP contribution in [0.4, 0.5) is 5.69 Å². The van der Waals surface area contributed by atoms with Crippen LogP contribution in [0.1, 0.15) is 4.88 Å². The molecule has 0 bridgehead atoms. The van der Waals surface area contributed by atoms with Crippen molar-refractivity contribution in [3.05, 3.63) is 56.1 Å². The summed E-state index contributed by atoms with van der Waals surface area (Å²) in [6.07, 6.45) is 4.23. The van der Waals surface area contributed by atoms with Gasteiger partial charge in [-0.2, -0.15) is 5.10 Å². The predicted molar refractivity (Wildman–Crippen MR) is 82.9 cm³/mol. The van der Waals surface area contributed by atoms with Gasteiger partial charge < -0.3 is 5.32 Å². The second-order valence-electron chi connectivity index (χ2n) is 3.90. The summed E-state index contributed by atoms with van der Waals surface area (Å²) >= 11 is 5.04. The fourth-order valence-corrected chi connectivity index (χ4v) is 2.77. The molecular formula is C13H14BrN3OS. The summed E-state index contributed by atoms with van der Waals surface area (Å²) in [7, 11) is 0. The van der Waals surface area contributed by atoms with E-state index in [9.17, 15) is 4.79 Å². The van der Waals surface area contributed by atoms with Gasteiger partial charge in [-0.1, -0.05) is 12.1 Å². The number of halogens is 1. The molecule has 0 aliphatic heterocycles. The summed E-state index contributed by atoms with van der Waals surface area (Å²) in [6.45, 7) is 4.78. The van der Waals surface area contributed by atoms with Crippen LogP contribution in [-0.4, -0.2) is 16.3 Å². The van der Waals surface area contributed by atoms with Crippen LogP contribution in [0.3, 0.4) is 0 Å². The van der Waals surface area contributed by atoms with Crippen LogP contribution in [-0.2, 0) is 13.0 Å². The van der Waals surface area contributed by atoms with Gasteiger partial charge in [-0.05, 0) is 33.8 Å². The molecule has 0 spiro atoms. The van der Waals surface area contributed by atoms with Crippen LogP contribution < -0.4 is 10.9 Å². The van der Waals surface area contributed by atoms with Gasteiger partial charge in [0.1, 0.15) is 4.47 Å². The average Bonchev–Trinajstić information content (AvgIpc) is 2.91. The third kappa shape index (κ3) is 3.54. The first-order chi connectivity index (χ1) is 9.22. The number of nitrogens with one attached hydrogen (secondary N) is 1. The van der Waals surface area contributed by atoms with Crippen molar-refractivity contribution in [1.82, 2.24) is 9.78 Å². The molecule has 0 radical (unpaired) electrons. The molecular weight excluding hydrogens is 326 g/mol. The van der Waals surface area contributed by atoms with Crippen LogP contribution >= 0.6 is 27.3 Å². The number of thiophene rings is 1. The third-order valence-electron chi connectivity index (χ3n) is 2.55. The number of anilines is 1. The molecule has 0 atom stereocenters. The van der Waals surface area contributed by atoms with E-state index in [4.69, 9.17) is 0 Å². The number of nitrogens with zero attached hydrogens (tertiary/aromatic N) is 2. The van der Waals surface area contributed by atoms with Gasteiger partial charge in [0, 0.05) is 11.4 Å². The average molecular weight is 340 g/mol. The van der Waals surface area contributed by atoms with Crippen molar-refractivity contribution in [2.45, 2.75) is 13.0 Å². The molecule has 0 unspecified atom stereocenters. The Morgan fingerprint density at radius 1 is 1.58 bits per heavy atom. The molecule has 0 aliphatic carbocycles. The molecule has 0 saturated heterocycles. The van der Waals surface area contributed by atoms with Crippen molar-refractivity contribution in [3.63, 3.8) is 0 Å². The second kappa shape index (κ2) is 6.68. The van der Waals surface area contributed by atoms with E-state index in [1.165, 1.54) is 9.56 Å². The molecule has 0 fully saturated rings. The first-order valence-corrected chi connectivity index (χ1v) is 7.52. The first kappa shape index (κ1) is 14.0. The lowest BCUT2D eigenvalue weighted by atomic mass is 10.3. The van der Waals surface area contributed by atoms with Crippen LogP contribution in [0.5, 0.6) is 0 Å². The van der Waals surface area contributed by atoms with Crippen molar-refractivity contribution in [2.75, 3.05) is 11.9 Å². The van der Waals surface area contributed by atoms with E-state index < -0.39 is 0 Å². The Morgan fingerprint density at radius 3 is 3.11 bits per heavy atom. The maximum Gasteiger partial charge on any atom is 0.283 e. The summed E-state index contributed by atoms with van der Waals surface area (Å²) < 4.78 is 1.87. The first-order valence-electron chi connectivity index (χ1n) is 5.85. The standard InChI is InChI=1S/C13H14BrN3OS/c1-2-7-17-13(18)12(14)11(9-16-17)15-6-5-10-4-3-8-19-10/h2-4,8-9,15H,1,5-7H2. The van der Waals surface area contributed by atoms with E-state index in [1.807, 2.05) is 6.07 Å². The number of hydrogen-bond acceptors (Lipinski definition) is 4. The highest BCUT2D eigenvalue weighted by atomic mass is 79.9. The number of aromatic nitrogens is 2. The number of allylic oxidation sites excluding steroid dienone is 1. The molecule has 1 N–H and O–H groups in total. The summed E-state index contributed by atoms with van der Waals surface area (Å²) in [6, 6.07) is 4.13. The maximum atomic E-state index is 11.9. The van der Waals surface area contributed by atoms with E-state index >= 15 is 0 Å². The van der Waals surface area contributed by atoms with Crippen LogP contribution in [0.15, 0.2) is 45.6 Å². The van der Waals surface area contributed by atoms with Crippen LogP contribution in [0.25, 0.3) is 0 Å². The Labute approximate surface area is 123 Å². The predicted octanol–water partition coefficient (Wildman–Crippen LogP) is 2.91. The molecule has 100 valence electrons. The van der Waals surface area contributed by atoms with Crippen molar-refractivity contribution in [1.29, 1.82) is 0 Å². The molecule has 2 aromatic heterocycles. The molecule has 0 amide bonds. The van der Waals surface area contributed by atoms with Crippen LogP contribution in [0.2, 0.25) is 0 Å². The molecule has 0 aliphatic rings. The lowest BCUT2D eigenvalue weighted by molar-refractivity contribution is 0.649. The smallest absolute Gasteiger partial charge is 0.283 e. The topological polar surface area (TPSA) is 46.9 Å². The van der Waals surface area contributed by atoms with Crippen molar-refractivity contribution >= 4 is 33.0 Å². The minimum Gasteiger partial charge on any atom is -0.382 e. The minimum absolute atomic E-state index is 0.152. The Bertz CT molecular complexity index is 607. The highest BCUT2D eigenvalue weighted by molar-refractivity contribution is 9.10. The molecule has 2 aromatic rings. The maximum absolute atomic E-state index is 11.9. The molecule has 19 heavy (non-hydrogen) atoms. The van der Waals surface area contributed by atoms with E-state index in [2.05, 4.69) is 44.4 Å². The summed E-state index contributed by atoms with van der Waals surface area (Å²) in [5.41, 5.74) is 0.572.